The summed E-state index contributed by atoms with van der Waals surface area (Å²) >= 11 is 0. The van der Waals surface area contributed by atoms with Crippen LogP contribution in [-0.4, -0.2) is 69.9 Å². The van der Waals surface area contributed by atoms with Crippen molar-refractivity contribution in [3.8, 4) is 17.6 Å². The highest BCUT2D eigenvalue weighted by Crippen LogP contribution is 2.62. The third kappa shape index (κ3) is 4.25. The van der Waals surface area contributed by atoms with Crippen molar-refractivity contribution >= 4 is 29.0 Å². The molecule has 2 saturated carbocycles. The Kier molecular flexibility index (Phi) is 7.41. The fraction of sp³-hybridized carbons (Fsp3) is 0.606. The summed E-state index contributed by atoms with van der Waals surface area (Å²) in [4.78, 5) is 69.9. The van der Waals surface area contributed by atoms with Crippen LogP contribution < -0.4 is 5.73 Å². The molecule has 0 aliphatic heterocycles. The second kappa shape index (κ2) is 9.85. The third-order valence-electron chi connectivity index (χ3n) is 9.53. The van der Waals surface area contributed by atoms with Crippen LogP contribution in [0, 0.1) is 40.4 Å². The van der Waals surface area contributed by atoms with Crippen LogP contribution >= 0.6 is 0 Å². The molecule has 42 heavy (non-hydrogen) atoms. The number of likely N-dealkylation sites (N-methyl/N-ethyl adjacent to an activating group) is 1. The van der Waals surface area contributed by atoms with Crippen molar-refractivity contribution in [1.82, 2.24) is 4.90 Å². The number of hydrogen-bond donors (Lipinski definition) is 3. The molecular weight excluding hydrogens is 536 g/mol. The topological polar surface area (TPSA) is 155 Å². The summed E-state index contributed by atoms with van der Waals surface area (Å²) in [5.41, 5.74) is 0.768. The second-order valence-electron chi connectivity index (χ2n) is 14.6. The first-order valence-electron chi connectivity index (χ1n) is 14.4. The number of carbonyl (C=O) groups is 5. The molecular formula is C33H42N2O7. The number of fused-ring (bicyclic) bond motifs is 3. The van der Waals surface area contributed by atoms with Gasteiger partial charge in [-0.15, -0.1) is 0 Å². The lowest BCUT2D eigenvalue weighted by Gasteiger charge is -2.61. The van der Waals surface area contributed by atoms with E-state index in [1.165, 1.54) is 11.8 Å². The zero-order chi connectivity index (χ0) is 31.9. The lowest BCUT2D eigenvalue weighted by atomic mass is 9.42. The number of nitrogens with zero attached hydrogens (tertiary/aromatic N) is 1. The molecule has 226 valence electrons. The van der Waals surface area contributed by atoms with E-state index in [0.717, 1.165) is 0 Å². The minimum Gasteiger partial charge on any atom is -0.507 e. The summed E-state index contributed by atoms with van der Waals surface area (Å²) in [6, 6.07) is 0.590. The van der Waals surface area contributed by atoms with E-state index in [0.29, 0.717) is 29.0 Å². The number of aliphatic hydroxyl groups is 1. The molecule has 0 bridgehead atoms. The van der Waals surface area contributed by atoms with Crippen LogP contribution in [0.3, 0.4) is 0 Å². The standard InChI is InChI=1S/C33H42N2O7/c1-16(2)11-10-12-17-13-19(30(3,4)5)23(36)20-18(17)14-31(6)15-32(7)26(35(8)9)25(38)21(29(34)41)27(39)33(32,42)28(40)22(31)24(20)37/h13,16,21-22,26,36,42H,11,14-15H2,1-9H3,(H2,34,41)/t21?,22?,26-,31+,32+,33-/m1/s1. The van der Waals surface area contributed by atoms with Gasteiger partial charge >= 0.3 is 0 Å². The highest BCUT2D eigenvalue weighted by atomic mass is 16.3. The number of benzene rings is 1. The monoisotopic (exact) mass is 578 g/mol. The van der Waals surface area contributed by atoms with Crippen LogP contribution in [0.15, 0.2) is 6.07 Å². The molecule has 1 aromatic rings. The van der Waals surface area contributed by atoms with E-state index in [2.05, 4.69) is 11.8 Å². The van der Waals surface area contributed by atoms with Crippen LogP contribution in [0.1, 0.15) is 88.4 Å². The zero-order valence-electron chi connectivity index (χ0n) is 26.0. The van der Waals surface area contributed by atoms with Crippen molar-refractivity contribution in [1.29, 1.82) is 0 Å². The number of phenols is 1. The average molecular weight is 579 g/mol. The first-order valence-corrected chi connectivity index (χ1v) is 14.4. The molecule has 2 unspecified atom stereocenters. The van der Waals surface area contributed by atoms with Gasteiger partial charge in [-0.3, -0.25) is 28.9 Å². The number of Topliss-reactive ketones (excluding diaryl/α,β-unsaturated/α-hetero) is 4. The lowest BCUT2D eigenvalue weighted by molar-refractivity contribution is -0.203. The Bertz CT molecular complexity index is 1490. The molecule has 1 aromatic carbocycles. The van der Waals surface area contributed by atoms with Gasteiger partial charge in [-0.2, -0.15) is 0 Å². The van der Waals surface area contributed by atoms with Crippen molar-refractivity contribution in [2.75, 3.05) is 14.1 Å². The maximum atomic E-state index is 14.4. The summed E-state index contributed by atoms with van der Waals surface area (Å²) in [6.07, 6.45) is 0.694. The predicted molar refractivity (Wildman–Crippen MR) is 156 cm³/mol. The molecule has 3 aliphatic rings. The summed E-state index contributed by atoms with van der Waals surface area (Å²) in [6.45, 7) is 13.0. The summed E-state index contributed by atoms with van der Waals surface area (Å²) in [5.74, 6) is -2.20. The molecule has 2 fully saturated rings. The van der Waals surface area contributed by atoms with E-state index >= 15 is 0 Å². The van der Waals surface area contributed by atoms with Gasteiger partial charge in [0, 0.05) is 23.0 Å². The van der Waals surface area contributed by atoms with Crippen molar-refractivity contribution in [2.24, 2.45) is 34.3 Å². The minimum atomic E-state index is -2.83. The molecule has 0 spiro atoms. The molecule has 9 heteroatoms. The number of phenolic OH excluding ortho intramolecular Hbond substituents is 1. The quantitative estimate of drug-likeness (QED) is 0.365. The van der Waals surface area contributed by atoms with Gasteiger partial charge in [0.25, 0.3) is 0 Å². The molecule has 4 N–H and O–H groups in total. The normalized spacial score (nSPS) is 32.7. The van der Waals surface area contributed by atoms with E-state index < -0.39 is 68.8 Å². The summed E-state index contributed by atoms with van der Waals surface area (Å²) in [5, 5.41) is 23.6. The molecule has 6 atom stereocenters. The SMILES string of the molecule is CC(C)CC#Cc1cc(C(C)(C)C)c(O)c2c1C[C@@]1(C)C[C@@]3(C)[C@H](N(C)C)C(=O)C(C(N)=O)C(=O)[C@@]3(O)C(=O)C1C2=O. The molecule has 0 radical (unpaired) electrons. The lowest BCUT2D eigenvalue weighted by Crippen LogP contribution is -2.79. The predicted octanol–water partition coefficient (Wildman–Crippen LogP) is 2.34. The Balaban J connectivity index is 2.02. The maximum absolute atomic E-state index is 14.4. The third-order valence-corrected chi connectivity index (χ3v) is 9.53. The Hall–Kier alpha value is -3.35. The van der Waals surface area contributed by atoms with Crippen molar-refractivity contribution < 1.29 is 34.2 Å². The average Bonchev–Trinajstić information content (AvgIpc) is 2.81. The van der Waals surface area contributed by atoms with Gasteiger partial charge in [0.05, 0.1) is 17.5 Å². The van der Waals surface area contributed by atoms with E-state index in [-0.39, 0.29) is 24.2 Å². The molecule has 0 aromatic heterocycles. The Morgan fingerprint density at radius 3 is 2.24 bits per heavy atom. The van der Waals surface area contributed by atoms with E-state index in [4.69, 9.17) is 5.73 Å². The minimum absolute atomic E-state index is 0.0331. The van der Waals surface area contributed by atoms with Gasteiger partial charge in [0.1, 0.15) is 5.75 Å². The van der Waals surface area contributed by atoms with E-state index in [1.807, 2.05) is 34.6 Å². The number of nitrogens with two attached hydrogens (primary N) is 1. The zero-order valence-corrected chi connectivity index (χ0v) is 26.0. The number of rotatable bonds is 3. The van der Waals surface area contributed by atoms with Gasteiger partial charge in [-0.25, -0.2) is 0 Å². The van der Waals surface area contributed by atoms with Gasteiger partial charge in [-0.1, -0.05) is 60.3 Å². The van der Waals surface area contributed by atoms with Gasteiger partial charge in [0.15, 0.2) is 34.7 Å². The summed E-state index contributed by atoms with van der Waals surface area (Å²) in [7, 11) is 3.13. The molecule has 3 aliphatic carbocycles. The van der Waals surface area contributed by atoms with Gasteiger partial charge < -0.3 is 15.9 Å². The smallest absolute Gasteiger partial charge is 0.235 e. The highest BCUT2D eigenvalue weighted by molar-refractivity contribution is 6.33. The fourth-order valence-electron chi connectivity index (χ4n) is 7.82. The van der Waals surface area contributed by atoms with E-state index in [9.17, 15) is 34.2 Å². The number of primary amides is 1. The Morgan fingerprint density at radius 1 is 1.14 bits per heavy atom. The van der Waals surface area contributed by atoms with Crippen molar-refractivity contribution in [3.05, 3.63) is 28.3 Å². The Labute approximate surface area is 247 Å². The Morgan fingerprint density at radius 2 is 1.74 bits per heavy atom. The highest BCUT2D eigenvalue weighted by Gasteiger charge is 2.76. The molecule has 1 amide bonds. The first-order chi connectivity index (χ1) is 19.1. The van der Waals surface area contributed by atoms with Crippen LogP contribution in [0.4, 0.5) is 0 Å². The molecule has 9 nitrogen and oxygen atoms in total. The van der Waals surface area contributed by atoms with Crippen LogP contribution in [-0.2, 0) is 31.0 Å². The summed E-state index contributed by atoms with van der Waals surface area (Å²) < 4.78 is 0. The van der Waals surface area contributed by atoms with Gasteiger partial charge in [0.2, 0.25) is 5.91 Å². The largest absolute Gasteiger partial charge is 0.507 e. The van der Waals surface area contributed by atoms with Crippen LogP contribution in [0.25, 0.3) is 0 Å². The number of aromatic hydroxyl groups is 1. The maximum Gasteiger partial charge on any atom is 0.235 e. The molecule has 0 saturated heterocycles. The number of ketones is 4. The van der Waals surface area contributed by atoms with Crippen LogP contribution in [0.5, 0.6) is 5.75 Å². The number of amides is 1. The van der Waals surface area contributed by atoms with Gasteiger partial charge in [-0.05, 0) is 55.3 Å². The fourth-order valence-corrected chi connectivity index (χ4v) is 7.82. The second-order valence-corrected chi connectivity index (χ2v) is 14.6. The molecule has 0 heterocycles. The van der Waals surface area contributed by atoms with Crippen molar-refractivity contribution in [3.63, 3.8) is 0 Å². The van der Waals surface area contributed by atoms with E-state index in [1.54, 1.807) is 27.1 Å². The number of carbonyl (C=O) groups excluding carboxylic acids is 5. The van der Waals surface area contributed by atoms with Crippen molar-refractivity contribution in [2.45, 2.75) is 84.8 Å². The first kappa shape index (κ1) is 31.6. The van der Waals surface area contributed by atoms with Crippen LogP contribution in [0.2, 0.25) is 0 Å². The molecule has 4 rings (SSSR count). The number of hydrogen-bond acceptors (Lipinski definition) is 8.